The van der Waals surface area contributed by atoms with Crippen LogP contribution in [0.1, 0.15) is 5.56 Å². The van der Waals surface area contributed by atoms with Gasteiger partial charge in [-0.05, 0) is 18.2 Å². The van der Waals surface area contributed by atoms with Gasteiger partial charge in [-0.3, -0.25) is 0 Å². The molecule has 0 aliphatic heterocycles. The van der Waals surface area contributed by atoms with E-state index in [0.29, 0.717) is 6.07 Å². The lowest BCUT2D eigenvalue weighted by molar-refractivity contribution is -0.138. The molecule has 22 heavy (non-hydrogen) atoms. The van der Waals surface area contributed by atoms with Crippen LogP contribution in [-0.4, -0.2) is 24.1 Å². The fourth-order valence-corrected chi connectivity index (χ4v) is 1.63. The quantitative estimate of drug-likeness (QED) is 0.281. The SMILES string of the molecule is COC(=O)/C(N=Nc1ccc(Cl)c(C(F)(F)F)c1)=C(/O)CCl. The van der Waals surface area contributed by atoms with Crippen molar-refractivity contribution < 1.29 is 27.8 Å². The Hall–Kier alpha value is -1.80. The highest BCUT2D eigenvalue weighted by Gasteiger charge is 2.33. The second-order valence-electron chi connectivity index (χ2n) is 3.78. The summed E-state index contributed by atoms with van der Waals surface area (Å²) in [6.07, 6.45) is -4.66. The summed E-state index contributed by atoms with van der Waals surface area (Å²) in [6, 6.07) is 2.80. The van der Waals surface area contributed by atoms with E-state index in [4.69, 9.17) is 23.2 Å². The second kappa shape index (κ2) is 7.46. The molecule has 1 N–H and O–H groups in total. The maximum Gasteiger partial charge on any atom is 0.417 e. The van der Waals surface area contributed by atoms with Crippen molar-refractivity contribution >= 4 is 34.9 Å². The molecule has 0 aromatic heterocycles. The molecule has 120 valence electrons. The number of carbonyl (C=O) groups is 1. The van der Waals surface area contributed by atoms with E-state index in [1.54, 1.807) is 0 Å². The normalized spacial score (nSPS) is 13.2. The van der Waals surface area contributed by atoms with E-state index in [2.05, 4.69) is 15.0 Å². The Morgan fingerprint density at radius 1 is 1.41 bits per heavy atom. The van der Waals surface area contributed by atoms with E-state index < -0.39 is 40.1 Å². The first kappa shape index (κ1) is 18.2. The highest BCUT2D eigenvalue weighted by atomic mass is 35.5. The van der Waals surface area contributed by atoms with Crippen molar-refractivity contribution in [2.45, 2.75) is 6.18 Å². The molecule has 0 heterocycles. The lowest BCUT2D eigenvalue weighted by atomic mass is 10.2. The fraction of sp³-hybridized carbons (Fsp3) is 0.250. The first-order chi connectivity index (χ1) is 10.2. The number of rotatable bonds is 4. The molecular formula is C12H9Cl2F3N2O3. The molecule has 5 nitrogen and oxygen atoms in total. The second-order valence-corrected chi connectivity index (χ2v) is 4.46. The zero-order valence-electron chi connectivity index (χ0n) is 11.0. The summed E-state index contributed by atoms with van der Waals surface area (Å²) < 4.78 is 42.4. The van der Waals surface area contributed by atoms with Crippen LogP contribution < -0.4 is 0 Å². The van der Waals surface area contributed by atoms with Crippen molar-refractivity contribution in [3.8, 4) is 0 Å². The van der Waals surface area contributed by atoms with Gasteiger partial charge in [0.1, 0.15) is 5.76 Å². The predicted octanol–water partition coefficient (Wildman–Crippen LogP) is 4.62. The fourth-order valence-electron chi connectivity index (χ4n) is 1.28. The third kappa shape index (κ3) is 4.60. The van der Waals surface area contributed by atoms with Crippen LogP contribution in [0.3, 0.4) is 0 Å². The summed E-state index contributed by atoms with van der Waals surface area (Å²) in [5.74, 6) is -2.10. The summed E-state index contributed by atoms with van der Waals surface area (Å²) in [5, 5.41) is 15.7. The van der Waals surface area contributed by atoms with Gasteiger partial charge in [-0.2, -0.15) is 18.3 Å². The zero-order valence-corrected chi connectivity index (χ0v) is 12.5. The summed E-state index contributed by atoms with van der Waals surface area (Å²) in [5.41, 5.74) is -1.93. The maximum absolute atomic E-state index is 12.7. The third-order valence-electron chi connectivity index (χ3n) is 2.30. The Kier molecular flexibility index (Phi) is 6.19. The number of aliphatic hydroxyl groups is 1. The van der Waals surface area contributed by atoms with Gasteiger partial charge in [0.25, 0.3) is 0 Å². The Morgan fingerprint density at radius 2 is 2.05 bits per heavy atom. The minimum atomic E-state index is -4.66. The van der Waals surface area contributed by atoms with Gasteiger partial charge < -0.3 is 9.84 Å². The van der Waals surface area contributed by atoms with Crippen molar-refractivity contribution in [3.05, 3.63) is 40.2 Å². The summed E-state index contributed by atoms with van der Waals surface area (Å²) in [7, 11) is 1.03. The number of ether oxygens (including phenoxy) is 1. The highest BCUT2D eigenvalue weighted by molar-refractivity contribution is 6.31. The maximum atomic E-state index is 12.7. The zero-order chi connectivity index (χ0) is 16.9. The Labute approximate surface area is 133 Å². The molecule has 0 amide bonds. The van der Waals surface area contributed by atoms with Crippen molar-refractivity contribution in [2.75, 3.05) is 13.0 Å². The van der Waals surface area contributed by atoms with Gasteiger partial charge in [-0.15, -0.1) is 16.7 Å². The number of nitrogens with zero attached hydrogens (tertiary/aromatic N) is 2. The van der Waals surface area contributed by atoms with E-state index in [9.17, 15) is 23.1 Å². The molecule has 1 aromatic carbocycles. The van der Waals surface area contributed by atoms with Crippen molar-refractivity contribution in [1.82, 2.24) is 0 Å². The molecule has 0 fully saturated rings. The number of hydrogen-bond donors (Lipinski definition) is 1. The van der Waals surface area contributed by atoms with E-state index in [1.165, 1.54) is 0 Å². The predicted molar refractivity (Wildman–Crippen MR) is 73.4 cm³/mol. The van der Waals surface area contributed by atoms with Crippen LogP contribution in [0.25, 0.3) is 0 Å². The molecule has 10 heteroatoms. The molecule has 0 bridgehead atoms. The molecule has 0 unspecified atom stereocenters. The van der Waals surface area contributed by atoms with Gasteiger partial charge in [0, 0.05) is 0 Å². The lowest BCUT2D eigenvalue weighted by Gasteiger charge is -2.08. The average Bonchev–Trinajstić information content (AvgIpc) is 2.47. The molecule has 0 aliphatic rings. The first-order valence-corrected chi connectivity index (χ1v) is 6.46. The van der Waals surface area contributed by atoms with Gasteiger partial charge >= 0.3 is 12.1 Å². The van der Waals surface area contributed by atoms with Gasteiger partial charge in [-0.1, -0.05) is 11.6 Å². The number of esters is 1. The Balaban J connectivity index is 3.21. The number of alkyl halides is 4. The van der Waals surface area contributed by atoms with Crippen LogP contribution >= 0.6 is 23.2 Å². The standard InChI is InChI=1S/C12H9Cl2F3N2O3/c1-22-11(21)10(9(20)5-13)19-18-6-2-3-8(14)7(4-6)12(15,16)17/h2-4,20H,5H2,1H3/b10-9-,19-18?. The molecule has 0 spiro atoms. The minimum Gasteiger partial charge on any atom is -0.508 e. The molecule has 0 radical (unpaired) electrons. The molecular weight excluding hydrogens is 348 g/mol. The largest absolute Gasteiger partial charge is 0.508 e. The van der Waals surface area contributed by atoms with Gasteiger partial charge in [0.15, 0.2) is 0 Å². The van der Waals surface area contributed by atoms with Crippen LogP contribution in [0.2, 0.25) is 5.02 Å². The number of azo groups is 1. The van der Waals surface area contributed by atoms with Crippen molar-refractivity contribution in [2.24, 2.45) is 10.2 Å². The third-order valence-corrected chi connectivity index (χ3v) is 2.88. The number of aliphatic hydroxyl groups excluding tert-OH is 1. The average molecular weight is 357 g/mol. The summed E-state index contributed by atoms with van der Waals surface area (Å²) in [6.45, 7) is 0. The number of carbonyl (C=O) groups excluding carboxylic acids is 1. The molecule has 0 saturated heterocycles. The number of hydrogen-bond acceptors (Lipinski definition) is 5. The van der Waals surface area contributed by atoms with E-state index in [1.807, 2.05) is 0 Å². The molecule has 0 saturated carbocycles. The first-order valence-electron chi connectivity index (χ1n) is 5.55. The molecule has 1 rings (SSSR count). The van der Waals surface area contributed by atoms with Gasteiger partial charge in [0.2, 0.25) is 5.70 Å². The van der Waals surface area contributed by atoms with Crippen molar-refractivity contribution in [1.29, 1.82) is 0 Å². The van der Waals surface area contributed by atoms with Crippen LogP contribution in [0.15, 0.2) is 39.9 Å². The Morgan fingerprint density at radius 3 is 2.55 bits per heavy atom. The highest BCUT2D eigenvalue weighted by Crippen LogP contribution is 2.36. The number of methoxy groups -OCH3 is 1. The van der Waals surface area contributed by atoms with E-state index >= 15 is 0 Å². The Bertz CT molecular complexity index is 631. The van der Waals surface area contributed by atoms with Crippen LogP contribution in [0.4, 0.5) is 18.9 Å². The number of halogens is 5. The van der Waals surface area contributed by atoms with Crippen molar-refractivity contribution in [3.63, 3.8) is 0 Å². The minimum absolute atomic E-state index is 0.222. The van der Waals surface area contributed by atoms with Gasteiger partial charge in [0.05, 0.1) is 29.3 Å². The summed E-state index contributed by atoms with van der Waals surface area (Å²) in [4.78, 5) is 11.4. The van der Waals surface area contributed by atoms with Crippen LogP contribution in [0.5, 0.6) is 0 Å². The lowest BCUT2D eigenvalue weighted by Crippen LogP contribution is -2.07. The van der Waals surface area contributed by atoms with Crippen LogP contribution in [-0.2, 0) is 15.7 Å². The van der Waals surface area contributed by atoms with Gasteiger partial charge in [-0.25, -0.2) is 4.79 Å². The van der Waals surface area contributed by atoms with Crippen LogP contribution in [0, 0.1) is 0 Å². The van der Waals surface area contributed by atoms with E-state index in [-0.39, 0.29) is 5.69 Å². The topological polar surface area (TPSA) is 71.2 Å². The molecule has 1 aromatic rings. The van der Waals surface area contributed by atoms with E-state index in [0.717, 1.165) is 19.2 Å². The molecule has 0 atom stereocenters. The monoisotopic (exact) mass is 356 g/mol. The summed E-state index contributed by atoms with van der Waals surface area (Å²) >= 11 is 10.8. The smallest absolute Gasteiger partial charge is 0.417 e. The number of benzene rings is 1. The molecule has 0 aliphatic carbocycles. The number of allylic oxidation sites excluding steroid dienone is 1.